The summed E-state index contributed by atoms with van der Waals surface area (Å²) in [5, 5.41) is 0.890. The van der Waals surface area contributed by atoms with Crippen LogP contribution in [0.25, 0.3) is 10.9 Å². The average molecular weight is 319 g/mol. The summed E-state index contributed by atoms with van der Waals surface area (Å²) in [6, 6.07) is 7.27. The standard InChI is InChI=1S/C16H21N3O2S/c1-10(2)13(15(21)18(3)4)22-16-17-12-9-7-6-8-11(12)14(20)19(16)5/h6-10,13H,1-5H3/t13-/m0/s1. The minimum Gasteiger partial charge on any atom is -0.348 e. The van der Waals surface area contributed by atoms with Crippen LogP contribution in [0.5, 0.6) is 0 Å². The van der Waals surface area contributed by atoms with Gasteiger partial charge < -0.3 is 4.90 Å². The van der Waals surface area contributed by atoms with E-state index in [-0.39, 0.29) is 22.6 Å². The van der Waals surface area contributed by atoms with Crippen molar-refractivity contribution in [2.75, 3.05) is 14.1 Å². The zero-order valence-corrected chi connectivity index (χ0v) is 14.3. The van der Waals surface area contributed by atoms with E-state index in [4.69, 9.17) is 0 Å². The van der Waals surface area contributed by atoms with Crippen LogP contribution in [0.1, 0.15) is 13.8 Å². The van der Waals surface area contributed by atoms with Crippen molar-refractivity contribution in [3.8, 4) is 0 Å². The lowest BCUT2D eigenvalue weighted by Gasteiger charge is -2.23. The zero-order valence-electron chi connectivity index (χ0n) is 13.5. The van der Waals surface area contributed by atoms with Crippen LogP contribution in [0, 0.1) is 5.92 Å². The first-order valence-electron chi connectivity index (χ1n) is 7.16. The van der Waals surface area contributed by atoms with Crippen molar-refractivity contribution in [3.05, 3.63) is 34.6 Å². The number of amides is 1. The van der Waals surface area contributed by atoms with Crippen LogP contribution in [-0.2, 0) is 11.8 Å². The molecule has 2 aromatic rings. The Bertz CT molecular complexity index is 753. The lowest BCUT2D eigenvalue weighted by atomic mass is 10.1. The van der Waals surface area contributed by atoms with E-state index >= 15 is 0 Å². The summed E-state index contributed by atoms with van der Waals surface area (Å²) in [6.45, 7) is 4.00. The van der Waals surface area contributed by atoms with Crippen molar-refractivity contribution < 1.29 is 4.79 Å². The van der Waals surface area contributed by atoms with Gasteiger partial charge in [0, 0.05) is 21.1 Å². The van der Waals surface area contributed by atoms with Crippen molar-refractivity contribution in [3.63, 3.8) is 0 Å². The van der Waals surface area contributed by atoms with E-state index in [1.54, 1.807) is 32.1 Å². The maximum absolute atomic E-state index is 12.4. The van der Waals surface area contributed by atoms with Gasteiger partial charge in [-0.25, -0.2) is 4.98 Å². The molecule has 6 heteroatoms. The minimum atomic E-state index is -0.269. The van der Waals surface area contributed by atoms with Gasteiger partial charge in [0.05, 0.1) is 16.2 Å². The van der Waals surface area contributed by atoms with Crippen LogP contribution in [0.4, 0.5) is 0 Å². The Balaban J connectivity index is 2.48. The van der Waals surface area contributed by atoms with Gasteiger partial charge in [0.1, 0.15) is 0 Å². The maximum Gasteiger partial charge on any atom is 0.261 e. The smallest absolute Gasteiger partial charge is 0.261 e. The van der Waals surface area contributed by atoms with Gasteiger partial charge in [-0.2, -0.15) is 0 Å². The van der Waals surface area contributed by atoms with Crippen molar-refractivity contribution in [1.82, 2.24) is 14.5 Å². The highest BCUT2D eigenvalue weighted by atomic mass is 32.2. The van der Waals surface area contributed by atoms with E-state index < -0.39 is 0 Å². The molecule has 1 aromatic carbocycles. The molecule has 118 valence electrons. The number of benzene rings is 1. The largest absolute Gasteiger partial charge is 0.348 e. The molecule has 0 N–H and O–H groups in total. The molecule has 1 heterocycles. The highest BCUT2D eigenvalue weighted by molar-refractivity contribution is 8.00. The van der Waals surface area contributed by atoms with Gasteiger partial charge >= 0.3 is 0 Å². The van der Waals surface area contributed by atoms with Gasteiger partial charge in [-0.05, 0) is 18.1 Å². The quantitative estimate of drug-likeness (QED) is 0.640. The van der Waals surface area contributed by atoms with Gasteiger partial charge in [0.15, 0.2) is 5.16 Å². The molecule has 0 aliphatic carbocycles. The Hall–Kier alpha value is -1.82. The minimum absolute atomic E-state index is 0.0300. The molecule has 0 saturated carbocycles. The van der Waals surface area contributed by atoms with Crippen molar-refractivity contribution >= 4 is 28.6 Å². The fourth-order valence-electron chi connectivity index (χ4n) is 2.14. The van der Waals surface area contributed by atoms with E-state index in [1.807, 2.05) is 32.0 Å². The second kappa shape index (κ2) is 6.52. The van der Waals surface area contributed by atoms with Crippen molar-refractivity contribution in [2.24, 2.45) is 13.0 Å². The second-order valence-corrected chi connectivity index (χ2v) is 6.90. The Morgan fingerprint density at radius 2 is 1.91 bits per heavy atom. The van der Waals surface area contributed by atoms with Crippen LogP contribution in [0.15, 0.2) is 34.2 Å². The van der Waals surface area contributed by atoms with E-state index in [0.29, 0.717) is 16.1 Å². The topological polar surface area (TPSA) is 55.2 Å². The predicted octanol–water partition coefficient (Wildman–Crippen LogP) is 2.14. The summed E-state index contributed by atoms with van der Waals surface area (Å²) in [4.78, 5) is 30.9. The van der Waals surface area contributed by atoms with Gasteiger partial charge in [-0.1, -0.05) is 37.7 Å². The number of para-hydroxylation sites is 1. The molecule has 0 radical (unpaired) electrons. The summed E-state index contributed by atoms with van der Waals surface area (Å²) in [5.41, 5.74) is 0.570. The highest BCUT2D eigenvalue weighted by Gasteiger charge is 2.26. The van der Waals surface area contributed by atoms with E-state index in [2.05, 4.69) is 4.98 Å². The number of hydrogen-bond donors (Lipinski definition) is 0. The van der Waals surface area contributed by atoms with Gasteiger partial charge in [0.2, 0.25) is 5.91 Å². The van der Waals surface area contributed by atoms with Crippen molar-refractivity contribution in [2.45, 2.75) is 24.3 Å². The fraction of sp³-hybridized carbons (Fsp3) is 0.438. The molecule has 0 aliphatic rings. The molecule has 5 nitrogen and oxygen atoms in total. The average Bonchev–Trinajstić information content (AvgIpc) is 2.48. The molecule has 1 atom stereocenters. The van der Waals surface area contributed by atoms with Gasteiger partial charge in [-0.15, -0.1) is 0 Å². The number of aromatic nitrogens is 2. The molecule has 0 saturated heterocycles. The Kier molecular flexibility index (Phi) is 4.90. The van der Waals surface area contributed by atoms with Crippen LogP contribution in [0.3, 0.4) is 0 Å². The van der Waals surface area contributed by atoms with Crippen LogP contribution >= 0.6 is 11.8 Å². The maximum atomic E-state index is 12.4. The third kappa shape index (κ3) is 3.16. The molecule has 1 amide bonds. The summed E-state index contributed by atoms with van der Waals surface area (Å²) in [7, 11) is 5.18. The fourth-order valence-corrected chi connectivity index (χ4v) is 3.35. The first-order chi connectivity index (χ1) is 10.3. The Morgan fingerprint density at radius 3 is 2.50 bits per heavy atom. The van der Waals surface area contributed by atoms with Crippen molar-refractivity contribution in [1.29, 1.82) is 0 Å². The normalized spacial score (nSPS) is 12.6. The molecule has 2 rings (SSSR count). The van der Waals surface area contributed by atoms with E-state index in [0.717, 1.165) is 0 Å². The van der Waals surface area contributed by atoms with Crippen LogP contribution < -0.4 is 5.56 Å². The summed E-state index contributed by atoms with van der Waals surface area (Å²) in [6.07, 6.45) is 0. The van der Waals surface area contributed by atoms with Crippen LogP contribution in [-0.4, -0.2) is 39.7 Å². The molecule has 0 unspecified atom stereocenters. The molecule has 0 aliphatic heterocycles. The number of thioether (sulfide) groups is 1. The van der Waals surface area contributed by atoms with E-state index in [1.165, 1.54) is 16.3 Å². The number of carbonyl (C=O) groups is 1. The first-order valence-corrected chi connectivity index (χ1v) is 8.04. The summed E-state index contributed by atoms with van der Waals surface area (Å²) in [5.74, 6) is 0.172. The molecular weight excluding hydrogens is 298 g/mol. The molecule has 0 fully saturated rings. The number of nitrogens with zero attached hydrogens (tertiary/aromatic N) is 3. The predicted molar refractivity (Wildman–Crippen MR) is 90.2 cm³/mol. The first kappa shape index (κ1) is 16.5. The molecule has 22 heavy (non-hydrogen) atoms. The van der Waals surface area contributed by atoms with Crippen LogP contribution in [0.2, 0.25) is 0 Å². The zero-order chi connectivity index (χ0) is 16.4. The highest BCUT2D eigenvalue weighted by Crippen LogP contribution is 2.28. The molecule has 0 bridgehead atoms. The van der Waals surface area contributed by atoms with Gasteiger partial charge in [0.25, 0.3) is 5.56 Å². The number of carbonyl (C=O) groups excluding carboxylic acids is 1. The summed E-state index contributed by atoms with van der Waals surface area (Å²) >= 11 is 1.35. The number of rotatable bonds is 4. The van der Waals surface area contributed by atoms with Gasteiger partial charge in [-0.3, -0.25) is 14.2 Å². The Labute approximate surface area is 134 Å². The SMILES string of the molecule is CC(C)[C@H](Sc1nc2ccccc2c(=O)n1C)C(=O)N(C)C. The molecule has 0 spiro atoms. The Morgan fingerprint density at radius 1 is 1.27 bits per heavy atom. The monoisotopic (exact) mass is 319 g/mol. The third-order valence-corrected chi connectivity index (χ3v) is 5.04. The van der Waals surface area contributed by atoms with E-state index in [9.17, 15) is 9.59 Å². The summed E-state index contributed by atoms with van der Waals surface area (Å²) < 4.78 is 1.52. The molecule has 1 aromatic heterocycles. The lowest BCUT2D eigenvalue weighted by molar-refractivity contribution is -0.128. The lowest BCUT2D eigenvalue weighted by Crippen LogP contribution is -2.35. The third-order valence-electron chi connectivity index (χ3n) is 3.46. The number of fused-ring (bicyclic) bond motifs is 1. The molecular formula is C16H21N3O2S. The number of hydrogen-bond acceptors (Lipinski definition) is 4. The second-order valence-electron chi connectivity index (χ2n) is 5.79.